The quantitative estimate of drug-likeness (QED) is 0.776. The first-order valence-corrected chi connectivity index (χ1v) is 6.60. The largest absolute Gasteiger partial charge is 0.394 e. The molecular formula is C13H21N3O. The van der Waals surface area contributed by atoms with Crippen LogP contribution in [0, 0.1) is 12.8 Å². The summed E-state index contributed by atoms with van der Waals surface area (Å²) in [6.45, 7) is 3.01. The second-order valence-electron chi connectivity index (χ2n) is 5.66. The zero-order valence-corrected chi connectivity index (χ0v) is 10.4. The number of nitrogens with one attached hydrogen (secondary N) is 1. The summed E-state index contributed by atoms with van der Waals surface area (Å²) < 4.78 is 1.97. The van der Waals surface area contributed by atoms with Crippen LogP contribution in [0.5, 0.6) is 0 Å². The number of nitrogens with zero attached hydrogens (tertiary/aromatic N) is 2. The number of aliphatic hydroxyl groups excluding tert-OH is 1. The van der Waals surface area contributed by atoms with Crippen LogP contribution in [0.3, 0.4) is 0 Å². The molecule has 0 spiro atoms. The molecule has 0 saturated heterocycles. The Bertz CT molecular complexity index is 395. The van der Waals surface area contributed by atoms with Gasteiger partial charge >= 0.3 is 0 Å². The molecule has 2 N–H and O–H groups in total. The molecule has 3 rings (SSSR count). The normalized spacial score (nSPS) is 23.6. The van der Waals surface area contributed by atoms with Crippen molar-refractivity contribution in [1.29, 1.82) is 0 Å². The predicted molar refractivity (Wildman–Crippen MR) is 65.7 cm³/mol. The Labute approximate surface area is 102 Å². The molecule has 2 saturated carbocycles. The van der Waals surface area contributed by atoms with Crippen LogP contribution in [0.1, 0.15) is 31.4 Å². The first-order chi connectivity index (χ1) is 8.22. The van der Waals surface area contributed by atoms with Crippen molar-refractivity contribution in [1.82, 2.24) is 15.1 Å². The van der Waals surface area contributed by atoms with Crippen molar-refractivity contribution in [3.05, 3.63) is 18.0 Å². The monoisotopic (exact) mass is 235 g/mol. The van der Waals surface area contributed by atoms with E-state index in [9.17, 15) is 5.11 Å². The second-order valence-corrected chi connectivity index (χ2v) is 5.66. The first-order valence-electron chi connectivity index (χ1n) is 6.60. The van der Waals surface area contributed by atoms with E-state index in [0.29, 0.717) is 12.0 Å². The molecule has 17 heavy (non-hydrogen) atoms. The lowest BCUT2D eigenvalue weighted by atomic mass is 9.93. The van der Waals surface area contributed by atoms with E-state index in [1.807, 2.05) is 23.9 Å². The highest BCUT2D eigenvalue weighted by molar-refractivity contribution is 5.05. The van der Waals surface area contributed by atoms with Gasteiger partial charge in [-0.15, -0.1) is 0 Å². The van der Waals surface area contributed by atoms with E-state index in [4.69, 9.17) is 0 Å². The SMILES string of the molecule is Cc1ccn(CC(CO)(NC2CC2)C2CC2)n1. The smallest absolute Gasteiger partial charge is 0.0643 e. The third kappa shape index (κ3) is 2.38. The molecule has 0 aromatic carbocycles. The van der Waals surface area contributed by atoms with Crippen LogP contribution in [0.15, 0.2) is 12.3 Å². The van der Waals surface area contributed by atoms with Gasteiger partial charge in [0.1, 0.15) is 0 Å². The number of rotatable bonds is 6. The van der Waals surface area contributed by atoms with Crippen molar-refractivity contribution in [3.63, 3.8) is 0 Å². The van der Waals surface area contributed by atoms with Gasteiger partial charge in [-0.3, -0.25) is 4.68 Å². The van der Waals surface area contributed by atoms with Gasteiger partial charge in [0.25, 0.3) is 0 Å². The highest BCUT2D eigenvalue weighted by Gasteiger charge is 2.47. The average molecular weight is 235 g/mol. The van der Waals surface area contributed by atoms with Gasteiger partial charge in [-0.05, 0) is 44.6 Å². The zero-order chi connectivity index (χ0) is 11.9. The molecule has 4 nitrogen and oxygen atoms in total. The molecule has 4 heteroatoms. The molecule has 1 aromatic heterocycles. The number of hydrogen-bond donors (Lipinski definition) is 2. The maximum Gasteiger partial charge on any atom is 0.0643 e. The molecule has 94 valence electrons. The Kier molecular flexibility index (Phi) is 2.71. The Balaban J connectivity index is 1.76. The predicted octanol–water partition coefficient (Wildman–Crippen LogP) is 1.08. The van der Waals surface area contributed by atoms with Gasteiger partial charge < -0.3 is 10.4 Å². The first kappa shape index (κ1) is 11.2. The molecule has 1 atom stereocenters. The Morgan fingerprint density at radius 2 is 2.24 bits per heavy atom. The molecule has 2 aliphatic carbocycles. The summed E-state index contributed by atoms with van der Waals surface area (Å²) in [7, 11) is 0. The molecule has 0 amide bonds. The van der Waals surface area contributed by atoms with Gasteiger partial charge in [-0.25, -0.2) is 0 Å². The molecule has 1 aromatic rings. The highest BCUT2D eigenvalue weighted by atomic mass is 16.3. The van der Waals surface area contributed by atoms with Gasteiger partial charge in [0.05, 0.1) is 24.4 Å². The third-order valence-electron chi connectivity index (χ3n) is 3.93. The van der Waals surface area contributed by atoms with Crippen LogP contribution in [-0.2, 0) is 6.54 Å². The van der Waals surface area contributed by atoms with Crippen molar-refractivity contribution in [2.75, 3.05) is 6.61 Å². The molecular weight excluding hydrogens is 214 g/mol. The number of hydrogen-bond acceptors (Lipinski definition) is 3. The Morgan fingerprint density at radius 3 is 2.71 bits per heavy atom. The zero-order valence-electron chi connectivity index (χ0n) is 10.4. The minimum absolute atomic E-state index is 0.139. The molecule has 2 fully saturated rings. The van der Waals surface area contributed by atoms with Crippen molar-refractivity contribution < 1.29 is 5.11 Å². The molecule has 1 heterocycles. The van der Waals surface area contributed by atoms with Crippen LogP contribution in [0.2, 0.25) is 0 Å². The van der Waals surface area contributed by atoms with Gasteiger partial charge in [0, 0.05) is 12.2 Å². The van der Waals surface area contributed by atoms with Crippen molar-refractivity contribution in [2.24, 2.45) is 5.92 Å². The summed E-state index contributed by atoms with van der Waals surface area (Å²) in [6, 6.07) is 2.64. The van der Waals surface area contributed by atoms with E-state index in [0.717, 1.165) is 12.2 Å². The molecule has 0 bridgehead atoms. The molecule has 1 unspecified atom stereocenters. The summed E-state index contributed by atoms with van der Waals surface area (Å²) in [5.74, 6) is 0.623. The fourth-order valence-electron chi connectivity index (χ4n) is 2.63. The van der Waals surface area contributed by atoms with Crippen molar-refractivity contribution in [2.45, 2.75) is 50.7 Å². The maximum absolute atomic E-state index is 9.83. The van der Waals surface area contributed by atoms with E-state index in [1.54, 1.807) is 0 Å². The molecule has 0 aliphatic heterocycles. The van der Waals surface area contributed by atoms with Crippen LogP contribution >= 0.6 is 0 Å². The summed E-state index contributed by atoms with van der Waals surface area (Å²) >= 11 is 0. The van der Waals surface area contributed by atoms with E-state index in [2.05, 4.69) is 10.4 Å². The number of aliphatic hydroxyl groups is 1. The standard InChI is InChI=1S/C13H21N3O/c1-10-6-7-16(15-10)8-13(9-17,11-2-3-11)14-12-4-5-12/h6-7,11-12,14,17H,2-5,8-9H2,1H3. The summed E-state index contributed by atoms with van der Waals surface area (Å²) in [6.07, 6.45) is 7.00. The average Bonchev–Trinajstić information content (AvgIpc) is 3.19. The Morgan fingerprint density at radius 1 is 1.47 bits per heavy atom. The van der Waals surface area contributed by atoms with Gasteiger partial charge in [0.15, 0.2) is 0 Å². The molecule has 0 radical (unpaired) electrons. The fraction of sp³-hybridized carbons (Fsp3) is 0.769. The van der Waals surface area contributed by atoms with Gasteiger partial charge in [-0.1, -0.05) is 0 Å². The minimum atomic E-state index is -0.139. The lowest BCUT2D eigenvalue weighted by Crippen LogP contribution is -2.54. The van der Waals surface area contributed by atoms with Crippen LogP contribution in [0.25, 0.3) is 0 Å². The van der Waals surface area contributed by atoms with E-state index in [-0.39, 0.29) is 12.1 Å². The second kappa shape index (κ2) is 4.10. The summed E-state index contributed by atoms with van der Waals surface area (Å²) in [5, 5.41) is 17.9. The topological polar surface area (TPSA) is 50.1 Å². The van der Waals surface area contributed by atoms with Crippen molar-refractivity contribution >= 4 is 0 Å². The van der Waals surface area contributed by atoms with E-state index < -0.39 is 0 Å². The van der Waals surface area contributed by atoms with Crippen LogP contribution < -0.4 is 5.32 Å². The Hall–Kier alpha value is -0.870. The summed E-state index contributed by atoms with van der Waals surface area (Å²) in [5.41, 5.74) is 0.902. The highest BCUT2D eigenvalue weighted by Crippen LogP contribution is 2.42. The minimum Gasteiger partial charge on any atom is -0.394 e. The summed E-state index contributed by atoms with van der Waals surface area (Å²) in [4.78, 5) is 0. The van der Waals surface area contributed by atoms with Crippen molar-refractivity contribution in [3.8, 4) is 0 Å². The van der Waals surface area contributed by atoms with E-state index in [1.165, 1.54) is 25.7 Å². The van der Waals surface area contributed by atoms with Gasteiger partial charge in [0.2, 0.25) is 0 Å². The number of aryl methyl sites for hydroxylation is 1. The maximum atomic E-state index is 9.83. The fourth-order valence-corrected chi connectivity index (χ4v) is 2.63. The van der Waals surface area contributed by atoms with E-state index >= 15 is 0 Å². The van der Waals surface area contributed by atoms with Crippen LogP contribution in [-0.4, -0.2) is 33.1 Å². The number of aromatic nitrogens is 2. The van der Waals surface area contributed by atoms with Gasteiger partial charge in [-0.2, -0.15) is 5.10 Å². The molecule has 2 aliphatic rings. The third-order valence-corrected chi connectivity index (χ3v) is 3.93. The van der Waals surface area contributed by atoms with Crippen LogP contribution in [0.4, 0.5) is 0 Å². The lowest BCUT2D eigenvalue weighted by Gasteiger charge is -2.33. The lowest BCUT2D eigenvalue weighted by molar-refractivity contribution is 0.116.